The zero-order valence-corrected chi connectivity index (χ0v) is 78.5. The molecule has 132 heavy (non-hydrogen) atoms. The van der Waals surface area contributed by atoms with E-state index in [0.29, 0.717) is 46.6 Å². The Labute approximate surface area is 804 Å². The summed E-state index contributed by atoms with van der Waals surface area (Å²) in [4.78, 5) is 60.2. The Kier molecular flexibility index (Phi) is 65.8. The maximum Gasteiger partial charge on any atom is 3.00 e. The molecule has 8 aromatic carbocycles. The Balaban J connectivity index is -0.000000714. The minimum absolute atomic E-state index is 0. The van der Waals surface area contributed by atoms with Crippen molar-refractivity contribution in [2.24, 2.45) is 0 Å². The largest absolute Gasteiger partial charge is 3.00 e. The molecule has 2 radical (unpaired) electrons. The van der Waals surface area contributed by atoms with E-state index in [1.54, 1.807) is 24.3 Å². The van der Waals surface area contributed by atoms with Gasteiger partial charge in [-0.15, -0.1) is 41.0 Å². The molecule has 16 aromatic rings. The van der Waals surface area contributed by atoms with Crippen molar-refractivity contribution >= 4 is 88.3 Å². The normalized spacial score (nSPS) is 11.0. The van der Waals surface area contributed by atoms with Crippen LogP contribution in [-0.2, 0) is 103 Å². The van der Waals surface area contributed by atoms with Crippen LogP contribution in [-0.4, -0.2) is 117 Å². The van der Waals surface area contributed by atoms with Gasteiger partial charge in [0.25, 0.3) is 0 Å². The van der Waals surface area contributed by atoms with E-state index >= 15 is 0 Å². The van der Waals surface area contributed by atoms with Crippen LogP contribution in [0, 0.1) is 86.3 Å². The minimum Gasteiger partial charge on any atom is -0.870 e. The third-order valence-electron chi connectivity index (χ3n) is 14.9. The first kappa shape index (κ1) is 128. The zero-order valence-electron chi connectivity index (χ0n) is 70.7. The van der Waals surface area contributed by atoms with E-state index in [2.05, 4.69) is 79.7 Å². The average Bonchev–Trinajstić information content (AvgIpc) is 1.68. The van der Waals surface area contributed by atoms with Gasteiger partial charge in [0.2, 0.25) is 0 Å². The maximum atomic E-state index is 12.4. The van der Waals surface area contributed by atoms with Gasteiger partial charge in [0.05, 0.1) is 136 Å². The number of nitriles is 4. The summed E-state index contributed by atoms with van der Waals surface area (Å²) in [5.41, 5.74) is 14.1. The van der Waals surface area contributed by atoms with Gasteiger partial charge in [0.15, 0.2) is 0 Å². The van der Waals surface area contributed by atoms with Crippen LogP contribution >= 0.6 is 0 Å². The van der Waals surface area contributed by atoms with Crippen molar-refractivity contribution in [2.45, 2.75) is 105 Å². The topological polar surface area (TPSA) is 864 Å². The Morgan fingerprint density at radius 1 is 0.258 bits per heavy atom. The number of hydrogen-bond acceptors (Lipinski definition) is 36. The molecular formula is C80H86Cl4Mn4N20O24. The van der Waals surface area contributed by atoms with Crippen LogP contribution in [0.3, 0.4) is 0 Å². The molecule has 4 atom stereocenters. The van der Waals surface area contributed by atoms with E-state index in [0.717, 1.165) is 115 Å². The second-order valence-electron chi connectivity index (χ2n) is 24.1. The first-order valence-electron chi connectivity index (χ1n) is 36.7. The number of imidazole rings is 8. The summed E-state index contributed by atoms with van der Waals surface area (Å²) in [5.74, 6) is 4.59. The van der Waals surface area contributed by atoms with Gasteiger partial charge < -0.3 is 80.7 Å². The molecular weight excluding hydrogens is 1990 g/mol. The number of H-pyrrole nitrogens is 8. The molecule has 0 saturated carbocycles. The Bertz CT molecular complexity index is 4960. The molecule has 44 nitrogen and oxygen atoms in total. The fraction of sp³-hybridized carbons (Fsp3) is 0.250. The number of hydrogen-bond donors (Lipinski definition) is 8. The average molecular weight is 2070 g/mol. The molecule has 0 aliphatic carbocycles. The van der Waals surface area contributed by atoms with Gasteiger partial charge in [-0.2, -0.15) is 21.0 Å². The fourth-order valence-corrected chi connectivity index (χ4v) is 10.4. The number of halogens is 4. The van der Waals surface area contributed by atoms with Gasteiger partial charge in [0, 0.05) is 54.1 Å². The number of nitrogens with zero attached hydrogens (tertiary/aromatic N) is 12. The summed E-state index contributed by atoms with van der Waals surface area (Å²) in [5, 5.41) is 78.8. The van der Waals surface area contributed by atoms with Crippen LogP contribution < -0.4 is 95.0 Å². The fourth-order valence-electron chi connectivity index (χ4n) is 10.4. The molecule has 706 valence electrons. The number of nitrogens with one attached hydrogen (secondary N) is 8. The van der Waals surface area contributed by atoms with E-state index in [1.165, 1.54) is 27.7 Å². The number of fused-ring (bicyclic) bond motifs is 8. The Morgan fingerprint density at radius 3 is 0.477 bits per heavy atom. The molecule has 0 bridgehead atoms. The second kappa shape index (κ2) is 67.9. The van der Waals surface area contributed by atoms with Crippen molar-refractivity contribution in [1.82, 2.24) is 79.7 Å². The number of para-hydroxylation sites is 16. The van der Waals surface area contributed by atoms with Crippen molar-refractivity contribution in [3.05, 3.63) is 241 Å². The Morgan fingerprint density at radius 2 is 0.371 bits per heavy atom. The van der Waals surface area contributed by atoms with E-state index in [1.807, 2.05) is 222 Å². The van der Waals surface area contributed by atoms with Crippen LogP contribution in [0.15, 0.2) is 194 Å². The zero-order chi connectivity index (χ0) is 94.0. The summed E-state index contributed by atoms with van der Waals surface area (Å²) in [6.45, 7) is 17.1. The molecule has 52 heteroatoms. The van der Waals surface area contributed by atoms with E-state index in [4.69, 9.17) is 105 Å². The monoisotopic (exact) mass is 2070 g/mol. The first-order chi connectivity index (χ1) is 59.7. The first-order valence-corrected chi connectivity index (χ1v) is 41.6. The number of aromatic amines is 8. The van der Waals surface area contributed by atoms with Crippen molar-refractivity contribution in [2.75, 3.05) is 26.4 Å². The van der Waals surface area contributed by atoms with Gasteiger partial charge >= 0.3 is 68.3 Å². The molecule has 0 spiro atoms. The van der Waals surface area contributed by atoms with Gasteiger partial charge in [0.1, 0.15) is 23.3 Å². The molecule has 8 aromatic heterocycles. The third kappa shape index (κ3) is 53.5. The van der Waals surface area contributed by atoms with Gasteiger partial charge in [-0.3, -0.25) is 0 Å². The predicted octanol–water partition coefficient (Wildman–Crippen LogP) is -6.85. The molecule has 10 N–H and O–H groups in total. The summed E-state index contributed by atoms with van der Waals surface area (Å²) in [7, 11) is -19.8. The van der Waals surface area contributed by atoms with Crippen LogP contribution in [0.5, 0.6) is 0 Å². The molecule has 0 aliphatic heterocycles. The van der Waals surface area contributed by atoms with Gasteiger partial charge in [-0.05, 0) is 150 Å². The quantitative estimate of drug-likeness (QED) is 0.0417. The van der Waals surface area contributed by atoms with Crippen LogP contribution in [0.2, 0.25) is 0 Å². The third-order valence-corrected chi connectivity index (χ3v) is 14.9. The minimum atomic E-state index is -4.94. The van der Waals surface area contributed by atoms with Gasteiger partial charge in [-0.25, -0.2) is 114 Å². The SMILES string of the molecule is CC#N.CC#N.CC#N.CC#N.CCOCC.CCOCC.[Mn+2].[Mn+2].[Mn+3].[Mn+3].[O-][C@@H](Cc1nc2ccccc2[nH]1)c1nc2ccccc2[nH]1.[O-][C@@H](Cc1nc2ccccc2[nH]1)c1nc2ccccc2[nH]1.[O-][C@@H](Cc1nc2ccccc2[nH]1)c1nc2ccccc2[nH]1.[O-][C@@H](Cc1nc2ccccc2[nH]1)c1nc2ccccc2[nH]1.[O-][Cl+3]([O-])([O-])[O-].[O-][Cl+3]([O-])([O-])[O-].[O-][Cl+3]([O-])([O-])[O-].[O-][Cl+3]([O-])([O-])[O-].[OH-].[OH-]. The van der Waals surface area contributed by atoms with Crippen LogP contribution in [0.25, 0.3) is 88.3 Å². The molecule has 8 heterocycles. The smallest absolute Gasteiger partial charge is 0.870 e. The van der Waals surface area contributed by atoms with Crippen molar-refractivity contribution in [3.8, 4) is 24.3 Å². The number of rotatable bonds is 16. The summed E-state index contributed by atoms with van der Waals surface area (Å²) < 4.78 is 146. The van der Waals surface area contributed by atoms with Crippen molar-refractivity contribution in [1.29, 1.82) is 21.0 Å². The number of aromatic nitrogens is 16. The van der Waals surface area contributed by atoms with Crippen molar-refractivity contribution < 1.29 is 225 Å². The molecule has 0 fully saturated rings. The number of ether oxygens (including phenoxy) is 2. The standard InChI is InChI=1S/4C16H13N4O.2C4H10O.4C2H3N.4ClHO4.4Mn.2H2O/c4*21-14(16-19-12-7-3-4-8-13(12)20-16)9-15-17-10-5-1-2-6-11(10)18-15;2*1-3-5-4-2;4*1-2-3;4*2-1(3,4)5;;;;;;/h4*1-8,14H,9H2,(H,17,18)(H,19,20);2*3-4H2,1-2H3;4*1H3;4*(H,2,3,4,5);;;;;2*1H2/q4*-1;;;;;;;;;;;2*+2;2*+3;;/p-6/t4*14-;;;;;;;;;;;;;;;;/m0000................/s1. The van der Waals surface area contributed by atoms with E-state index < -0.39 is 65.4 Å². The van der Waals surface area contributed by atoms with Crippen LogP contribution in [0.4, 0.5) is 0 Å². The molecule has 0 unspecified atom stereocenters. The number of benzene rings is 8. The van der Waals surface area contributed by atoms with Crippen LogP contribution in [0.1, 0.15) is 126 Å². The second-order valence-corrected chi connectivity index (χ2v) is 27.1. The Hall–Kier alpha value is -10.2. The molecule has 0 aliphatic rings. The van der Waals surface area contributed by atoms with E-state index in [9.17, 15) is 20.4 Å². The predicted molar refractivity (Wildman–Crippen MR) is 408 cm³/mol. The molecule has 0 amide bonds. The molecule has 0 saturated heterocycles. The summed E-state index contributed by atoms with van der Waals surface area (Å²) in [6.07, 6.45) is -2.70. The van der Waals surface area contributed by atoms with Crippen molar-refractivity contribution in [3.63, 3.8) is 0 Å². The summed E-state index contributed by atoms with van der Waals surface area (Å²) >= 11 is 0. The summed E-state index contributed by atoms with van der Waals surface area (Å²) in [6, 6.07) is 68.6. The van der Waals surface area contributed by atoms with E-state index in [-0.39, 0.29) is 105 Å². The van der Waals surface area contributed by atoms with Gasteiger partial charge in [-0.1, -0.05) is 121 Å². The maximum absolute atomic E-state index is 12.4. The molecule has 16 rings (SSSR count).